The van der Waals surface area contributed by atoms with E-state index < -0.39 is 23.8 Å². The van der Waals surface area contributed by atoms with Crippen molar-refractivity contribution >= 4 is 15.9 Å². The van der Waals surface area contributed by atoms with Gasteiger partial charge in [0.05, 0.1) is 23.2 Å². The van der Waals surface area contributed by atoms with Gasteiger partial charge in [0, 0.05) is 18.7 Å². The number of halogens is 3. The average molecular weight is 335 g/mol. The van der Waals surface area contributed by atoms with Gasteiger partial charge in [-0.25, -0.2) is 8.78 Å². The molecular formula is C13H17BrF2N2O. The van der Waals surface area contributed by atoms with Gasteiger partial charge in [0.1, 0.15) is 11.6 Å². The number of likely N-dealkylation sites (N-methyl/N-ethyl adjacent to an activating group) is 1. The van der Waals surface area contributed by atoms with Crippen LogP contribution in [0.15, 0.2) is 16.6 Å². The van der Waals surface area contributed by atoms with Crippen LogP contribution < -0.4 is 5.73 Å². The van der Waals surface area contributed by atoms with E-state index in [1.54, 1.807) is 0 Å². The highest BCUT2D eigenvalue weighted by Crippen LogP contribution is 2.29. The first-order valence-electron chi connectivity index (χ1n) is 6.27. The van der Waals surface area contributed by atoms with Crippen LogP contribution in [0.4, 0.5) is 8.78 Å². The molecule has 1 aliphatic heterocycles. The van der Waals surface area contributed by atoms with Crippen molar-refractivity contribution in [3.8, 4) is 0 Å². The van der Waals surface area contributed by atoms with Crippen molar-refractivity contribution in [3.05, 3.63) is 33.8 Å². The molecule has 0 bridgehead atoms. The molecule has 0 saturated carbocycles. The van der Waals surface area contributed by atoms with Gasteiger partial charge in [0.2, 0.25) is 0 Å². The largest absolute Gasteiger partial charge is 0.374 e. The predicted octanol–water partition coefficient (Wildman–Crippen LogP) is 2.45. The third-order valence-corrected chi connectivity index (χ3v) is 4.05. The zero-order valence-electron chi connectivity index (χ0n) is 10.7. The fraction of sp³-hybridized carbons (Fsp3) is 0.538. The van der Waals surface area contributed by atoms with Crippen LogP contribution in [0.25, 0.3) is 0 Å². The lowest BCUT2D eigenvalue weighted by molar-refractivity contribution is -0.0402. The lowest BCUT2D eigenvalue weighted by atomic mass is 9.99. The maximum absolute atomic E-state index is 14.0. The monoisotopic (exact) mass is 334 g/mol. The van der Waals surface area contributed by atoms with E-state index in [9.17, 15) is 8.78 Å². The molecule has 0 radical (unpaired) electrons. The van der Waals surface area contributed by atoms with Crippen molar-refractivity contribution in [2.45, 2.75) is 19.1 Å². The number of benzene rings is 1. The molecule has 19 heavy (non-hydrogen) atoms. The molecule has 1 heterocycles. The first-order valence-corrected chi connectivity index (χ1v) is 7.06. The quantitative estimate of drug-likeness (QED) is 0.863. The number of morpholine rings is 1. The average Bonchev–Trinajstić information content (AvgIpc) is 2.43. The normalized spacial score (nSPS) is 22.5. The van der Waals surface area contributed by atoms with Crippen LogP contribution in [0, 0.1) is 11.6 Å². The van der Waals surface area contributed by atoms with Gasteiger partial charge in [-0.15, -0.1) is 0 Å². The van der Waals surface area contributed by atoms with E-state index in [0.717, 1.165) is 13.1 Å². The minimum absolute atomic E-state index is 0.114. The fourth-order valence-electron chi connectivity index (χ4n) is 2.27. The lowest BCUT2D eigenvalue weighted by Gasteiger charge is -2.35. The van der Waals surface area contributed by atoms with Crippen molar-refractivity contribution in [3.63, 3.8) is 0 Å². The third-order valence-electron chi connectivity index (χ3n) is 3.44. The topological polar surface area (TPSA) is 38.5 Å². The molecule has 1 fully saturated rings. The molecule has 2 atom stereocenters. The Labute approximate surface area is 119 Å². The van der Waals surface area contributed by atoms with Gasteiger partial charge in [-0.1, -0.05) is 6.92 Å². The van der Waals surface area contributed by atoms with Gasteiger partial charge in [-0.3, -0.25) is 4.90 Å². The molecule has 0 amide bonds. The summed E-state index contributed by atoms with van der Waals surface area (Å²) in [6.07, 6.45) is -0.396. The Balaban J connectivity index is 2.24. The number of rotatable bonds is 3. The summed E-state index contributed by atoms with van der Waals surface area (Å²) in [5.74, 6) is -1.28. The first-order chi connectivity index (χ1) is 9.04. The minimum atomic E-state index is -0.813. The highest BCUT2D eigenvalue weighted by Gasteiger charge is 2.30. The number of ether oxygens (including phenoxy) is 1. The summed E-state index contributed by atoms with van der Waals surface area (Å²) in [4.78, 5) is 2.15. The molecule has 0 aromatic heterocycles. The molecule has 6 heteroatoms. The van der Waals surface area contributed by atoms with Crippen LogP contribution in [-0.2, 0) is 4.74 Å². The van der Waals surface area contributed by atoms with Crippen LogP contribution >= 0.6 is 15.9 Å². The molecule has 0 aliphatic carbocycles. The molecule has 1 aliphatic rings. The molecular weight excluding hydrogens is 318 g/mol. The molecule has 106 valence electrons. The second-order valence-corrected chi connectivity index (χ2v) is 5.44. The van der Waals surface area contributed by atoms with Crippen molar-refractivity contribution in [2.24, 2.45) is 5.73 Å². The second-order valence-electron chi connectivity index (χ2n) is 4.59. The SMILES string of the molecule is CCN1CCOC(C(N)c2c(F)ccc(Br)c2F)C1. The molecule has 1 aromatic rings. The minimum Gasteiger partial charge on any atom is -0.374 e. The van der Waals surface area contributed by atoms with Gasteiger partial charge >= 0.3 is 0 Å². The van der Waals surface area contributed by atoms with Crippen molar-refractivity contribution in [1.29, 1.82) is 0 Å². The number of nitrogens with zero attached hydrogens (tertiary/aromatic N) is 1. The van der Waals surface area contributed by atoms with E-state index in [-0.39, 0.29) is 10.0 Å². The van der Waals surface area contributed by atoms with Crippen molar-refractivity contribution in [1.82, 2.24) is 4.90 Å². The van der Waals surface area contributed by atoms with Crippen LogP contribution in [0.3, 0.4) is 0 Å². The van der Waals surface area contributed by atoms with E-state index in [1.165, 1.54) is 12.1 Å². The van der Waals surface area contributed by atoms with E-state index in [0.29, 0.717) is 13.2 Å². The molecule has 2 N–H and O–H groups in total. The maximum atomic E-state index is 14.0. The van der Waals surface area contributed by atoms with E-state index >= 15 is 0 Å². The van der Waals surface area contributed by atoms with Gasteiger partial charge in [-0.2, -0.15) is 0 Å². The van der Waals surface area contributed by atoms with Crippen LogP contribution in [-0.4, -0.2) is 37.2 Å². The summed E-state index contributed by atoms with van der Waals surface area (Å²) in [7, 11) is 0. The Bertz CT molecular complexity index is 459. The molecule has 3 nitrogen and oxygen atoms in total. The van der Waals surface area contributed by atoms with Gasteiger partial charge in [0.15, 0.2) is 0 Å². The third kappa shape index (κ3) is 3.13. The zero-order valence-corrected chi connectivity index (χ0v) is 12.3. The summed E-state index contributed by atoms with van der Waals surface area (Å²) in [5, 5.41) is 0. The predicted molar refractivity (Wildman–Crippen MR) is 72.8 cm³/mol. The zero-order chi connectivity index (χ0) is 14.0. The molecule has 2 unspecified atom stereocenters. The Hall–Kier alpha value is -0.560. The van der Waals surface area contributed by atoms with Crippen LogP contribution in [0.2, 0.25) is 0 Å². The number of hydrogen-bond acceptors (Lipinski definition) is 3. The molecule has 0 spiro atoms. The Morgan fingerprint density at radius 1 is 1.53 bits per heavy atom. The summed E-state index contributed by atoms with van der Waals surface area (Å²) < 4.78 is 33.6. The Morgan fingerprint density at radius 3 is 2.95 bits per heavy atom. The van der Waals surface area contributed by atoms with Crippen LogP contribution in [0.5, 0.6) is 0 Å². The molecule has 1 saturated heterocycles. The Kier molecular flexibility index (Phi) is 4.89. The maximum Gasteiger partial charge on any atom is 0.145 e. The summed E-state index contributed by atoms with van der Waals surface area (Å²) >= 11 is 3.05. The summed E-state index contributed by atoms with van der Waals surface area (Å²) in [6, 6.07) is 1.73. The standard InChI is InChI=1S/C13H17BrF2N2O/c1-2-18-5-6-19-10(7-18)13(17)11-9(15)4-3-8(14)12(11)16/h3-4,10,13H,2,5-7,17H2,1H3. The second kappa shape index (κ2) is 6.26. The molecule has 1 aromatic carbocycles. The smallest absolute Gasteiger partial charge is 0.145 e. The molecule has 2 rings (SSSR count). The van der Waals surface area contributed by atoms with Crippen molar-refractivity contribution in [2.75, 3.05) is 26.2 Å². The summed E-state index contributed by atoms with van der Waals surface area (Å²) in [5.41, 5.74) is 5.89. The van der Waals surface area contributed by atoms with E-state index in [2.05, 4.69) is 20.8 Å². The van der Waals surface area contributed by atoms with E-state index in [1.807, 2.05) is 6.92 Å². The fourth-order valence-corrected chi connectivity index (χ4v) is 2.62. The summed E-state index contributed by atoms with van der Waals surface area (Å²) in [6.45, 7) is 4.85. The lowest BCUT2D eigenvalue weighted by Crippen LogP contribution is -2.47. The van der Waals surface area contributed by atoms with Crippen LogP contribution in [0.1, 0.15) is 18.5 Å². The highest BCUT2D eigenvalue weighted by molar-refractivity contribution is 9.10. The number of nitrogens with two attached hydrogens (primary N) is 1. The van der Waals surface area contributed by atoms with E-state index in [4.69, 9.17) is 10.5 Å². The first kappa shape index (κ1) is 14.8. The highest BCUT2D eigenvalue weighted by atomic mass is 79.9. The van der Waals surface area contributed by atoms with Gasteiger partial charge in [0.25, 0.3) is 0 Å². The Morgan fingerprint density at radius 2 is 2.26 bits per heavy atom. The number of hydrogen-bond donors (Lipinski definition) is 1. The van der Waals surface area contributed by atoms with Gasteiger partial charge < -0.3 is 10.5 Å². The van der Waals surface area contributed by atoms with Gasteiger partial charge in [-0.05, 0) is 34.6 Å². The van der Waals surface area contributed by atoms with Crippen molar-refractivity contribution < 1.29 is 13.5 Å².